The van der Waals surface area contributed by atoms with Crippen LogP contribution in [0.15, 0.2) is 164 Å². The van der Waals surface area contributed by atoms with Gasteiger partial charge in [0.2, 0.25) is 0 Å². The molecule has 0 heterocycles. The predicted octanol–water partition coefficient (Wildman–Crippen LogP) is 12.1. The third-order valence-corrected chi connectivity index (χ3v) is 9.78. The molecular formula is C45H34N2. The van der Waals surface area contributed by atoms with Crippen molar-refractivity contribution in [3.63, 3.8) is 0 Å². The molecule has 47 heavy (non-hydrogen) atoms. The van der Waals surface area contributed by atoms with E-state index >= 15 is 0 Å². The maximum Gasteiger partial charge on any atom is 0.0464 e. The molecule has 0 saturated carbocycles. The van der Waals surface area contributed by atoms with E-state index in [0.29, 0.717) is 0 Å². The highest BCUT2D eigenvalue weighted by Crippen LogP contribution is 2.49. The summed E-state index contributed by atoms with van der Waals surface area (Å²) >= 11 is 0. The van der Waals surface area contributed by atoms with Crippen molar-refractivity contribution in [2.24, 2.45) is 0 Å². The number of rotatable bonds is 6. The maximum absolute atomic E-state index is 2.41. The highest BCUT2D eigenvalue weighted by molar-refractivity contribution is 5.90. The SMILES string of the molecule is Cc1ccc(N(c2ccccc2)c2ccc3c(c2)Cc2c-3ccc3c2Cc2cc(N(c4ccccc4)c4ccccc4)ccc2-3)cc1. The van der Waals surface area contributed by atoms with Gasteiger partial charge < -0.3 is 9.80 Å². The molecule has 2 heteroatoms. The van der Waals surface area contributed by atoms with Gasteiger partial charge in [0.25, 0.3) is 0 Å². The van der Waals surface area contributed by atoms with Gasteiger partial charge in [0.15, 0.2) is 0 Å². The van der Waals surface area contributed by atoms with Crippen molar-refractivity contribution in [2.45, 2.75) is 19.8 Å². The third-order valence-electron chi connectivity index (χ3n) is 9.78. The number of hydrogen-bond donors (Lipinski definition) is 0. The van der Waals surface area contributed by atoms with Crippen LogP contribution < -0.4 is 9.80 Å². The molecular weight excluding hydrogens is 569 g/mol. The summed E-state index contributed by atoms with van der Waals surface area (Å²) in [6, 6.07) is 59.7. The molecule has 7 aromatic rings. The van der Waals surface area contributed by atoms with Crippen molar-refractivity contribution in [1.29, 1.82) is 0 Å². The fourth-order valence-electron chi connectivity index (χ4n) is 7.56. The lowest BCUT2D eigenvalue weighted by Gasteiger charge is -2.26. The lowest BCUT2D eigenvalue weighted by Crippen LogP contribution is -2.10. The fraction of sp³-hybridized carbons (Fsp3) is 0.0667. The number of anilines is 6. The van der Waals surface area contributed by atoms with Crippen LogP contribution in [0.5, 0.6) is 0 Å². The van der Waals surface area contributed by atoms with E-state index in [4.69, 9.17) is 0 Å². The first-order valence-corrected chi connectivity index (χ1v) is 16.4. The Bertz CT molecular complexity index is 2200. The summed E-state index contributed by atoms with van der Waals surface area (Å²) in [6.07, 6.45) is 1.92. The molecule has 0 aromatic heterocycles. The minimum absolute atomic E-state index is 0.958. The van der Waals surface area contributed by atoms with Crippen LogP contribution in [-0.2, 0) is 12.8 Å². The summed E-state index contributed by atoms with van der Waals surface area (Å²) in [4.78, 5) is 4.73. The predicted molar refractivity (Wildman–Crippen MR) is 197 cm³/mol. The zero-order valence-corrected chi connectivity index (χ0v) is 26.4. The van der Waals surface area contributed by atoms with Crippen LogP contribution in [0.1, 0.15) is 27.8 Å². The van der Waals surface area contributed by atoms with Gasteiger partial charge in [-0.15, -0.1) is 0 Å². The quantitative estimate of drug-likeness (QED) is 0.187. The summed E-state index contributed by atoms with van der Waals surface area (Å²) < 4.78 is 0. The van der Waals surface area contributed by atoms with Gasteiger partial charge in [-0.05, 0) is 137 Å². The first-order valence-electron chi connectivity index (χ1n) is 16.4. The highest BCUT2D eigenvalue weighted by atomic mass is 15.1. The van der Waals surface area contributed by atoms with Gasteiger partial charge in [0.1, 0.15) is 0 Å². The minimum Gasteiger partial charge on any atom is -0.310 e. The second kappa shape index (κ2) is 11.2. The molecule has 0 spiro atoms. The van der Waals surface area contributed by atoms with Gasteiger partial charge in [0, 0.05) is 34.1 Å². The smallest absolute Gasteiger partial charge is 0.0464 e. The van der Waals surface area contributed by atoms with Crippen LogP contribution in [-0.4, -0.2) is 0 Å². The number of para-hydroxylation sites is 3. The van der Waals surface area contributed by atoms with Crippen LogP contribution in [0, 0.1) is 6.92 Å². The van der Waals surface area contributed by atoms with Crippen LogP contribution in [0.25, 0.3) is 22.3 Å². The van der Waals surface area contributed by atoms with Crippen LogP contribution in [0.3, 0.4) is 0 Å². The Morgan fingerprint density at radius 1 is 0.340 bits per heavy atom. The highest BCUT2D eigenvalue weighted by Gasteiger charge is 2.29. The van der Waals surface area contributed by atoms with Crippen molar-refractivity contribution in [3.05, 3.63) is 192 Å². The zero-order chi connectivity index (χ0) is 31.3. The van der Waals surface area contributed by atoms with E-state index in [1.807, 2.05) is 0 Å². The van der Waals surface area contributed by atoms with E-state index in [1.165, 1.54) is 72.8 Å². The molecule has 0 radical (unpaired) electrons. The average molecular weight is 603 g/mol. The van der Waals surface area contributed by atoms with E-state index in [9.17, 15) is 0 Å². The average Bonchev–Trinajstić information content (AvgIpc) is 3.69. The van der Waals surface area contributed by atoms with Gasteiger partial charge in [-0.1, -0.05) is 96.6 Å². The van der Waals surface area contributed by atoms with E-state index in [0.717, 1.165) is 24.2 Å². The fourth-order valence-corrected chi connectivity index (χ4v) is 7.56. The maximum atomic E-state index is 2.41. The van der Waals surface area contributed by atoms with E-state index in [-0.39, 0.29) is 0 Å². The Balaban J connectivity index is 1.07. The van der Waals surface area contributed by atoms with Crippen molar-refractivity contribution in [2.75, 3.05) is 9.80 Å². The van der Waals surface area contributed by atoms with Gasteiger partial charge >= 0.3 is 0 Å². The molecule has 0 aliphatic heterocycles. The van der Waals surface area contributed by atoms with Gasteiger partial charge in [0.05, 0.1) is 0 Å². The summed E-state index contributed by atoms with van der Waals surface area (Å²) in [5.41, 5.74) is 19.6. The standard InChI is InChI=1S/C45H34N2/c1-31-17-19-37(20-18-31)47(36-15-9-4-10-16-36)39-22-24-41-33(28-39)30-45-43(41)26-25-42-40-23-21-38(27-32(40)29-44(42)45)46(34-11-5-2-6-12-34)35-13-7-3-8-14-35/h2-28H,29-30H2,1H3. The first kappa shape index (κ1) is 27.5. The minimum atomic E-state index is 0.958. The molecule has 0 bridgehead atoms. The molecule has 0 saturated heterocycles. The summed E-state index contributed by atoms with van der Waals surface area (Å²) in [6.45, 7) is 2.14. The third kappa shape index (κ3) is 4.73. The van der Waals surface area contributed by atoms with Crippen molar-refractivity contribution >= 4 is 34.1 Å². The topological polar surface area (TPSA) is 6.48 Å². The molecule has 0 N–H and O–H groups in total. The summed E-state index contributed by atoms with van der Waals surface area (Å²) in [5.74, 6) is 0. The van der Waals surface area contributed by atoms with Gasteiger partial charge in [-0.25, -0.2) is 0 Å². The molecule has 0 atom stereocenters. The number of nitrogens with zero attached hydrogens (tertiary/aromatic N) is 2. The molecule has 224 valence electrons. The molecule has 0 amide bonds. The second-order valence-corrected chi connectivity index (χ2v) is 12.7. The normalized spacial score (nSPS) is 12.2. The van der Waals surface area contributed by atoms with Crippen molar-refractivity contribution in [3.8, 4) is 22.3 Å². The Hall–Kier alpha value is -5.86. The number of aryl methyl sites for hydroxylation is 1. The second-order valence-electron chi connectivity index (χ2n) is 12.7. The molecule has 7 aromatic carbocycles. The molecule has 2 aliphatic carbocycles. The first-order chi connectivity index (χ1) is 23.2. The summed E-state index contributed by atoms with van der Waals surface area (Å²) in [5, 5.41) is 0. The molecule has 2 aliphatic rings. The summed E-state index contributed by atoms with van der Waals surface area (Å²) in [7, 11) is 0. The lowest BCUT2D eigenvalue weighted by molar-refractivity contribution is 1.16. The monoisotopic (exact) mass is 602 g/mol. The number of benzene rings is 7. The Labute approximate surface area is 276 Å². The van der Waals surface area contributed by atoms with Gasteiger partial charge in [-0.3, -0.25) is 0 Å². The number of fused-ring (bicyclic) bond motifs is 7. The van der Waals surface area contributed by atoms with Crippen molar-refractivity contribution in [1.82, 2.24) is 0 Å². The van der Waals surface area contributed by atoms with Crippen LogP contribution >= 0.6 is 0 Å². The molecule has 2 nitrogen and oxygen atoms in total. The zero-order valence-electron chi connectivity index (χ0n) is 26.4. The van der Waals surface area contributed by atoms with E-state index in [2.05, 4.69) is 181 Å². The Kier molecular flexibility index (Phi) is 6.53. The molecule has 0 fully saturated rings. The molecule has 9 rings (SSSR count). The Morgan fingerprint density at radius 3 is 1.09 bits per heavy atom. The lowest BCUT2D eigenvalue weighted by atomic mass is 9.96. The molecule has 0 unspecified atom stereocenters. The Morgan fingerprint density at radius 2 is 0.681 bits per heavy atom. The van der Waals surface area contributed by atoms with E-state index < -0.39 is 0 Å². The number of hydrogen-bond acceptors (Lipinski definition) is 2. The largest absolute Gasteiger partial charge is 0.310 e. The van der Waals surface area contributed by atoms with Crippen molar-refractivity contribution < 1.29 is 0 Å². The van der Waals surface area contributed by atoms with Crippen LogP contribution in [0.2, 0.25) is 0 Å². The van der Waals surface area contributed by atoms with Gasteiger partial charge in [-0.2, -0.15) is 0 Å². The van der Waals surface area contributed by atoms with Crippen LogP contribution in [0.4, 0.5) is 34.1 Å². The van der Waals surface area contributed by atoms with E-state index in [1.54, 1.807) is 0 Å².